The van der Waals surface area contributed by atoms with Crippen LogP contribution in [0.1, 0.15) is 22.3 Å². The number of para-hydroxylation sites is 3. The van der Waals surface area contributed by atoms with Crippen molar-refractivity contribution in [3.8, 4) is 61.8 Å². The Bertz CT molecular complexity index is 3450. The zero-order valence-corrected chi connectivity index (χ0v) is 37.6. The van der Waals surface area contributed by atoms with Gasteiger partial charge in [0.25, 0.3) is 0 Å². The van der Waals surface area contributed by atoms with Gasteiger partial charge in [-0.1, -0.05) is 151 Å². The van der Waals surface area contributed by atoms with Crippen molar-refractivity contribution in [2.24, 2.45) is 0 Å². The lowest BCUT2D eigenvalue weighted by Crippen LogP contribution is -2.09. The molecule has 0 atom stereocenters. The fraction of sp³-hybridized carbons (Fsp3) is 0.0645. The molecule has 11 aromatic rings. The van der Waals surface area contributed by atoms with Gasteiger partial charge in [-0.25, -0.2) is 9.97 Å². The number of hydrogen-bond donors (Lipinski definition) is 0. The van der Waals surface area contributed by atoms with Crippen LogP contribution < -0.4 is 4.90 Å². The molecule has 0 N–H and O–H groups in total. The Balaban J connectivity index is 0.903. The lowest BCUT2D eigenvalue weighted by atomic mass is 9.95. The molecule has 0 aliphatic heterocycles. The Kier molecular flexibility index (Phi) is 10.4. The highest BCUT2D eigenvalue weighted by Gasteiger charge is 2.19. The molecular formula is C62H48N4. The predicted octanol–water partition coefficient (Wildman–Crippen LogP) is 16.6. The topological polar surface area (TPSA) is 34.0 Å². The smallest absolute Gasteiger partial charge is 0.160 e. The number of fused-ring (bicyclic) bond motifs is 3. The molecule has 11 rings (SSSR count). The number of nitrogens with zero attached hydrogens (tertiary/aromatic N) is 4. The summed E-state index contributed by atoms with van der Waals surface area (Å²) >= 11 is 0. The summed E-state index contributed by atoms with van der Waals surface area (Å²) in [7, 11) is 0. The molecule has 0 fully saturated rings. The standard InChI is InChI=1S/C62H48N4/c1-41-15-13-17-49(35-41)58-40-57(63-62(64-58)50-18-14-16-42(2)36-50)48-31-27-46(28-32-48)45-25-29-47(30-26-45)55-37-44(4)61(38-43(55)3)66-59-24-12-11-23-54(59)56-39-53(33-34-60(56)66)65(51-19-7-5-8-20-51)52-21-9-6-10-22-52/h5-40H,1-4H3. The van der Waals surface area contributed by atoms with Gasteiger partial charge in [-0.2, -0.15) is 0 Å². The number of anilines is 3. The first-order valence-electron chi connectivity index (χ1n) is 22.6. The van der Waals surface area contributed by atoms with Gasteiger partial charge in [-0.15, -0.1) is 0 Å². The first-order valence-corrected chi connectivity index (χ1v) is 22.6. The average Bonchev–Trinajstić information content (AvgIpc) is 3.69. The Labute approximate surface area is 386 Å². The van der Waals surface area contributed by atoms with E-state index in [0.29, 0.717) is 0 Å². The second kappa shape index (κ2) is 17.0. The van der Waals surface area contributed by atoms with E-state index >= 15 is 0 Å². The van der Waals surface area contributed by atoms with E-state index in [-0.39, 0.29) is 0 Å². The van der Waals surface area contributed by atoms with Gasteiger partial charge in [0, 0.05) is 50.2 Å². The number of aryl methyl sites for hydroxylation is 4. The quantitative estimate of drug-likeness (QED) is 0.145. The monoisotopic (exact) mass is 848 g/mol. The largest absolute Gasteiger partial charge is 0.310 e. The van der Waals surface area contributed by atoms with Crippen molar-refractivity contribution in [1.29, 1.82) is 0 Å². The summed E-state index contributed by atoms with van der Waals surface area (Å²) in [5.74, 6) is 0.727. The maximum absolute atomic E-state index is 5.09. The first kappa shape index (κ1) is 40.4. The molecule has 0 radical (unpaired) electrons. The molecular weight excluding hydrogens is 801 g/mol. The number of aromatic nitrogens is 3. The van der Waals surface area contributed by atoms with Crippen LogP contribution in [0.15, 0.2) is 218 Å². The molecule has 0 saturated heterocycles. The third-order valence-electron chi connectivity index (χ3n) is 12.8. The second-order valence-electron chi connectivity index (χ2n) is 17.4. The summed E-state index contributed by atoms with van der Waals surface area (Å²) in [6.07, 6.45) is 0. The van der Waals surface area contributed by atoms with Gasteiger partial charge in [0.15, 0.2) is 5.82 Å². The van der Waals surface area contributed by atoms with E-state index in [9.17, 15) is 0 Å². The Morgan fingerprint density at radius 1 is 0.348 bits per heavy atom. The molecule has 0 unspecified atom stereocenters. The normalized spacial score (nSPS) is 11.3. The number of benzene rings is 9. The summed E-state index contributed by atoms with van der Waals surface area (Å²) in [6.45, 7) is 8.69. The fourth-order valence-corrected chi connectivity index (χ4v) is 9.45. The molecule has 66 heavy (non-hydrogen) atoms. The number of hydrogen-bond acceptors (Lipinski definition) is 3. The first-order chi connectivity index (χ1) is 32.3. The lowest BCUT2D eigenvalue weighted by Gasteiger charge is -2.25. The maximum atomic E-state index is 5.09. The summed E-state index contributed by atoms with van der Waals surface area (Å²) in [5.41, 5.74) is 21.5. The molecule has 0 aliphatic carbocycles. The molecule has 4 heteroatoms. The van der Waals surface area contributed by atoms with E-state index in [1.165, 1.54) is 66.4 Å². The van der Waals surface area contributed by atoms with Crippen LogP contribution in [-0.2, 0) is 0 Å². The molecule has 2 heterocycles. The minimum absolute atomic E-state index is 0.727. The third-order valence-corrected chi connectivity index (χ3v) is 12.8. The molecule has 9 aromatic carbocycles. The zero-order valence-electron chi connectivity index (χ0n) is 37.6. The van der Waals surface area contributed by atoms with Gasteiger partial charge >= 0.3 is 0 Å². The Hall–Kier alpha value is -8.34. The van der Waals surface area contributed by atoms with Crippen LogP contribution in [0.25, 0.3) is 83.6 Å². The van der Waals surface area contributed by atoms with Crippen LogP contribution in [0.5, 0.6) is 0 Å². The number of rotatable bonds is 9. The highest BCUT2D eigenvalue weighted by molar-refractivity contribution is 6.11. The maximum Gasteiger partial charge on any atom is 0.160 e. The van der Waals surface area contributed by atoms with Crippen molar-refractivity contribution in [2.45, 2.75) is 27.7 Å². The van der Waals surface area contributed by atoms with E-state index in [0.717, 1.165) is 56.5 Å². The Morgan fingerprint density at radius 3 is 1.55 bits per heavy atom. The zero-order chi connectivity index (χ0) is 44.7. The molecule has 0 amide bonds. The van der Waals surface area contributed by atoms with E-state index in [1.54, 1.807) is 0 Å². The molecule has 0 bridgehead atoms. The molecule has 0 saturated carbocycles. The van der Waals surface area contributed by atoms with Gasteiger partial charge < -0.3 is 9.47 Å². The molecule has 2 aromatic heterocycles. The van der Waals surface area contributed by atoms with Gasteiger partial charge in [-0.05, 0) is 140 Å². The minimum atomic E-state index is 0.727. The highest BCUT2D eigenvalue weighted by atomic mass is 15.1. The van der Waals surface area contributed by atoms with Crippen molar-refractivity contribution >= 4 is 38.9 Å². The summed E-state index contributed by atoms with van der Waals surface area (Å²) in [4.78, 5) is 12.5. The SMILES string of the molecule is Cc1cccc(-c2cc(-c3ccc(-c4ccc(-c5cc(C)c(-n6c7ccccc7c7cc(N(c8ccccc8)c8ccccc8)ccc76)cc5C)cc4)cc3)nc(-c3cccc(C)c3)n2)c1. The summed E-state index contributed by atoms with van der Waals surface area (Å²) in [6, 6.07) is 78.4. The minimum Gasteiger partial charge on any atom is -0.310 e. The second-order valence-corrected chi connectivity index (χ2v) is 17.4. The van der Waals surface area contributed by atoms with Crippen LogP contribution in [-0.4, -0.2) is 14.5 Å². The van der Waals surface area contributed by atoms with Gasteiger partial charge in [0.1, 0.15) is 0 Å². The van der Waals surface area contributed by atoms with Crippen molar-refractivity contribution in [3.63, 3.8) is 0 Å². The van der Waals surface area contributed by atoms with Crippen molar-refractivity contribution in [2.75, 3.05) is 4.90 Å². The van der Waals surface area contributed by atoms with E-state index in [1.807, 2.05) is 0 Å². The van der Waals surface area contributed by atoms with Crippen LogP contribution in [0.2, 0.25) is 0 Å². The van der Waals surface area contributed by atoms with Crippen LogP contribution in [0.4, 0.5) is 17.1 Å². The van der Waals surface area contributed by atoms with Crippen molar-refractivity contribution in [1.82, 2.24) is 14.5 Å². The van der Waals surface area contributed by atoms with E-state index < -0.39 is 0 Å². The average molecular weight is 849 g/mol. The Morgan fingerprint density at radius 2 is 0.894 bits per heavy atom. The molecule has 4 nitrogen and oxygen atoms in total. The summed E-state index contributed by atoms with van der Waals surface area (Å²) < 4.78 is 2.44. The molecule has 0 aliphatic rings. The fourth-order valence-electron chi connectivity index (χ4n) is 9.45. The van der Waals surface area contributed by atoms with Crippen LogP contribution >= 0.6 is 0 Å². The summed E-state index contributed by atoms with van der Waals surface area (Å²) in [5, 5.41) is 2.46. The van der Waals surface area contributed by atoms with E-state index in [2.05, 4.69) is 256 Å². The third kappa shape index (κ3) is 7.63. The lowest BCUT2D eigenvalue weighted by molar-refractivity contribution is 1.14. The van der Waals surface area contributed by atoms with Gasteiger partial charge in [0.2, 0.25) is 0 Å². The van der Waals surface area contributed by atoms with Crippen LogP contribution in [0.3, 0.4) is 0 Å². The molecule has 0 spiro atoms. The van der Waals surface area contributed by atoms with Crippen molar-refractivity contribution in [3.05, 3.63) is 241 Å². The van der Waals surface area contributed by atoms with Crippen LogP contribution in [0, 0.1) is 27.7 Å². The predicted molar refractivity (Wildman–Crippen MR) is 277 cm³/mol. The highest BCUT2D eigenvalue weighted by Crippen LogP contribution is 2.41. The van der Waals surface area contributed by atoms with Gasteiger partial charge in [-0.3, -0.25) is 0 Å². The molecule has 316 valence electrons. The van der Waals surface area contributed by atoms with E-state index in [4.69, 9.17) is 9.97 Å². The van der Waals surface area contributed by atoms with Gasteiger partial charge in [0.05, 0.1) is 22.4 Å². The van der Waals surface area contributed by atoms with Crippen molar-refractivity contribution < 1.29 is 0 Å².